The van der Waals surface area contributed by atoms with Crippen LogP contribution in [0.2, 0.25) is 0 Å². The molecule has 1 aliphatic heterocycles. The third-order valence-electron chi connectivity index (χ3n) is 3.93. The van der Waals surface area contributed by atoms with Crippen LogP contribution in [0.15, 0.2) is 30.5 Å². The Morgan fingerprint density at radius 1 is 1.22 bits per heavy atom. The van der Waals surface area contributed by atoms with Crippen LogP contribution in [0.25, 0.3) is 0 Å². The molecule has 27 heavy (non-hydrogen) atoms. The van der Waals surface area contributed by atoms with Crippen molar-refractivity contribution in [1.82, 2.24) is 20.3 Å². The summed E-state index contributed by atoms with van der Waals surface area (Å²) in [6.45, 7) is 2.66. The second kappa shape index (κ2) is 8.74. The third kappa shape index (κ3) is 4.89. The first-order chi connectivity index (χ1) is 12.4. The van der Waals surface area contributed by atoms with Crippen molar-refractivity contribution < 1.29 is 14.4 Å². The average molecular weight is 393 g/mol. The van der Waals surface area contributed by atoms with Gasteiger partial charge in [-0.15, -0.1) is 17.5 Å². The maximum Gasteiger partial charge on any atom is 0.251 e. The number of halogens is 1. The third-order valence-corrected chi connectivity index (χ3v) is 3.93. The number of nitrogens with zero attached hydrogens (tertiary/aromatic N) is 4. The summed E-state index contributed by atoms with van der Waals surface area (Å²) >= 11 is 0. The van der Waals surface area contributed by atoms with E-state index in [-0.39, 0.29) is 55.6 Å². The predicted molar refractivity (Wildman–Crippen MR) is 100 cm³/mol. The van der Waals surface area contributed by atoms with Crippen LogP contribution in [0.3, 0.4) is 0 Å². The fraction of sp³-hybridized carbons (Fsp3) is 0.353. The van der Waals surface area contributed by atoms with Gasteiger partial charge in [0, 0.05) is 24.4 Å². The first-order valence-electron chi connectivity index (χ1n) is 8.32. The molecule has 2 aromatic rings. The first kappa shape index (κ1) is 20.5. The Kier molecular flexibility index (Phi) is 6.65. The number of aromatic nitrogens is 3. The van der Waals surface area contributed by atoms with E-state index < -0.39 is 0 Å². The van der Waals surface area contributed by atoms with Gasteiger partial charge in [0.15, 0.2) is 0 Å². The molecule has 144 valence electrons. The number of carbonyl (C=O) groups is 3. The van der Waals surface area contributed by atoms with Crippen molar-refractivity contribution in [3.63, 3.8) is 0 Å². The van der Waals surface area contributed by atoms with Crippen LogP contribution in [0.1, 0.15) is 35.8 Å². The zero-order chi connectivity index (χ0) is 18.7. The Morgan fingerprint density at radius 2 is 1.85 bits per heavy atom. The van der Waals surface area contributed by atoms with E-state index in [1.807, 2.05) is 6.92 Å². The molecule has 0 radical (unpaired) electrons. The second-order valence-electron chi connectivity index (χ2n) is 6.26. The van der Waals surface area contributed by atoms with Crippen LogP contribution < -0.4 is 16.0 Å². The fourth-order valence-corrected chi connectivity index (χ4v) is 2.70. The van der Waals surface area contributed by atoms with Crippen LogP contribution in [0, 0.1) is 0 Å². The number of hydrogen-bond donors (Lipinski definition) is 2. The molecule has 1 aromatic carbocycles. The minimum Gasteiger partial charge on any atom is -0.346 e. The molecule has 0 spiro atoms. The number of imide groups is 1. The van der Waals surface area contributed by atoms with Gasteiger partial charge in [0.2, 0.25) is 11.8 Å². The van der Waals surface area contributed by atoms with Crippen molar-refractivity contribution in [1.29, 1.82) is 0 Å². The number of amides is 3. The first-order valence-corrected chi connectivity index (χ1v) is 8.32. The Hall–Kier alpha value is -2.78. The summed E-state index contributed by atoms with van der Waals surface area (Å²) in [7, 11) is 0. The van der Waals surface area contributed by atoms with Crippen molar-refractivity contribution in [2.45, 2.75) is 38.9 Å². The Morgan fingerprint density at radius 3 is 2.44 bits per heavy atom. The lowest BCUT2D eigenvalue weighted by Crippen LogP contribution is -2.28. The number of nitrogens with one attached hydrogen (secondary N) is 1. The standard InChI is InChI=1S/C17H20N6O3.ClH/c1-11(18)9-22-10-13(20-21-22)8-19-17(26)12-2-4-14(5-3-12)23-15(24)6-7-16(23)25;/h2-5,10-11H,6-9,18H2,1H3,(H,19,26);1H/t11-;/m0./s1. The van der Waals surface area contributed by atoms with Crippen LogP contribution in [0.4, 0.5) is 5.69 Å². The molecule has 3 amide bonds. The Labute approximate surface area is 162 Å². The molecule has 2 heterocycles. The summed E-state index contributed by atoms with van der Waals surface area (Å²) in [6, 6.07) is 6.31. The van der Waals surface area contributed by atoms with Crippen LogP contribution in [-0.4, -0.2) is 38.8 Å². The molecule has 10 heteroatoms. The van der Waals surface area contributed by atoms with Crippen LogP contribution in [0.5, 0.6) is 0 Å². The topological polar surface area (TPSA) is 123 Å². The minimum absolute atomic E-state index is 0. The molecular weight excluding hydrogens is 372 g/mol. The van der Waals surface area contributed by atoms with Gasteiger partial charge in [-0.2, -0.15) is 0 Å². The number of carbonyl (C=O) groups excluding carboxylic acids is 3. The summed E-state index contributed by atoms with van der Waals surface area (Å²) < 4.78 is 1.63. The highest BCUT2D eigenvalue weighted by Crippen LogP contribution is 2.22. The van der Waals surface area contributed by atoms with Gasteiger partial charge in [-0.3, -0.25) is 24.0 Å². The van der Waals surface area contributed by atoms with E-state index in [0.717, 1.165) is 4.90 Å². The Balaban J connectivity index is 0.00000261. The average Bonchev–Trinajstić information content (AvgIpc) is 3.18. The van der Waals surface area contributed by atoms with Crippen LogP contribution >= 0.6 is 12.4 Å². The van der Waals surface area contributed by atoms with Crippen molar-refractivity contribution >= 4 is 35.8 Å². The highest BCUT2D eigenvalue weighted by Gasteiger charge is 2.30. The monoisotopic (exact) mass is 392 g/mol. The molecule has 9 nitrogen and oxygen atoms in total. The molecule has 0 aliphatic carbocycles. The summed E-state index contributed by atoms with van der Waals surface area (Å²) in [5.74, 6) is -0.721. The van der Waals surface area contributed by atoms with E-state index in [4.69, 9.17) is 5.73 Å². The van der Waals surface area contributed by atoms with E-state index in [1.165, 1.54) is 0 Å². The van der Waals surface area contributed by atoms with Crippen LogP contribution in [-0.2, 0) is 22.7 Å². The number of rotatable bonds is 6. The van der Waals surface area contributed by atoms with E-state index in [1.54, 1.807) is 35.1 Å². The maximum absolute atomic E-state index is 12.2. The van der Waals surface area contributed by atoms with Gasteiger partial charge in [0.05, 0.1) is 25.0 Å². The molecule has 0 saturated carbocycles. The molecule has 0 bridgehead atoms. The highest BCUT2D eigenvalue weighted by atomic mass is 35.5. The van der Waals surface area contributed by atoms with Crippen molar-refractivity contribution in [2.75, 3.05) is 4.90 Å². The van der Waals surface area contributed by atoms with Gasteiger partial charge in [0.1, 0.15) is 5.69 Å². The number of anilines is 1. The molecule has 3 rings (SSSR count). The molecule has 0 unspecified atom stereocenters. The zero-order valence-corrected chi connectivity index (χ0v) is 15.6. The lowest BCUT2D eigenvalue weighted by Gasteiger charge is -2.14. The summed E-state index contributed by atoms with van der Waals surface area (Å²) in [5, 5.41) is 10.7. The predicted octanol–water partition coefficient (Wildman–Crippen LogP) is 0.630. The molecule has 1 atom stereocenters. The molecule has 1 aromatic heterocycles. The zero-order valence-electron chi connectivity index (χ0n) is 14.8. The van der Waals surface area contributed by atoms with E-state index >= 15 is 0 Å². The number of benzene rings is 1. The summed E-state index contributed by atoms with van der Waals surface area (Å²) in [4.78, 5) is 36.9. The lowest BCUT2D eigenvalue weighted by atomic mass is 10.2. The number of nitrogens with two attached hydrogens (primary N) is 1. The van der Waals surface area contributed by atoms with Crippen molar-refractivity contribution in [3.05, 3.63) is 41.7 Å². The smallest absolute Gasteiger partial charge is 0.251 e. The molecule has 1 aliphatic rings. The Bertz CT molecular complexity index is 817. The van der Waals surface area contributed by atoms with E-state index in [2.05, 4.69) is 15.6 Å². The fourth-order valence-electron chi connectivity index (χ4n) is 2.70. The summed E-state index contributed by atoms with van der Waals surface area (Å²) in [6.07, 6.45) is 2.19. The van der Waals surface area contributed by atoms with Gasteiger partial charge >= 0.3 is 0 Å². The van der Waals surface area contributed by atoms with E-state index in [9.17, 15) is 14.4 Å². The van der Waals surface area contributed by atoms with Crippen molar-refractivity contribution in [3.8, 4) is 0 Å². The van der Waals surface area contributed by atoms with Gasteiger partial charge in [-0.05, 0) is 31.2 Å². The van der Waals surface area contributed by atoms with Gasteiger partial charge < -0.3 is 11.1 Å². The van der Waals surface area contributed by atoms with E-state index in [0.29, 0.717) is 23.5 Å². The van der Waals surface area contributed by atoms with Gasteiger partial charge in [-0.25, -0.2) is 0 Å². The number of hydrogen-bond acceptors (Lipinski definition) is 6. The highest BCUT2D eigenvalue weighted by molar-refractivity contribution is 6.19. The second-order valence-corrected chi connectivity index (χ2v) is 6.26. The normalized spacial score (nSPS) is 14.8. The summed E-state index contributed by atoms with van der Waals surface area (Å²) in [5.41, 5.74) is 7.24. The van der Waals surface area contributed by atoms with Gasteiger partial charge in [0.25, 0.3) is 5.91 Å². The maximum atomic E-state index is 12.2. The molecule has 1 fully saturated rings. The minimum atomic E-state index is -0.280. The SMILES string of the molecule is C[C@H](N)Cn1cc(CNC(=O)c2ccc(N3C(=O)CCC3=O)cc2)nn1.Cl. The quantitative estimate of drug-likeness (QED) is 0.695. The van der Waals surface area contributed by atoms with Gasteiger partial charge in [-0.1, -0.05) is 5.21 Å². The molecular formula is C17H21ClN6O3. The lowest BCUT2D eigenvalue weighted by molar-refractivity contribution is -0.121. The molecule has 3 N–H and O–H groups in total. The largest absolute Gasteiger partial charge is 0.346 e. The van der Waals surface area contributed by atoms with Crippen molar-refractivity contribution in [2.24, 2.45) is 5.73 Å². The molecule has 1 saturated heterocycles.